The highest BCUT2D eigenvalue weighted by molar-refractivity contribution is 7.87. The molecule has 2 rings (SSSR count). The van der Waals surface area contributed by atoms with E-state index in [2.05, 4.69) is 11.6 Å². The SMILES string of the molecule is Cc1cccc(OCCCNS(=O)(=O)N2CCC(C)CC2)c1. The lowest BCUT2D eigenvalue weighted by Crippen LogP contribution is -2.45. The minimum atomic E-state index is -3.33. The molecule has 1 aliphatic rings. The molecule has 0 spiro atoms. The molecule has 124 valence electrons. The molecule has 0 saturated carbocycles. The Hall–Kier alpha value is -1.11. The average molecular weight is 326 g/mol. The van der Waals surface area contributed by atoms with Crippen LogP contribution in [0.2, 0.25) is 0 Å². The van der Waals surface area contributed by atoms with Gasteiger partial charge in [-0.25, -0.2) is 4.72 Å². The maximum Gasteiger partial charge on any atom is 0.279 e. The van der Waals surface area contributed by atoms with Crippen molar-refractivity contribution >= 4 is 10.2 Å². The van der Waals surface area contributed by atoms with Gasteiger partial charge in [0.25, 0.3) is 10.2 Å². The van der Waals surface area contributed by atoms with Gasteiger partial charge in [-0.05, 0) is 49.8 Å². The third-order valence-corrected chi connectivity index (χ3v) is 5.56. The molecule has 0 radical (unpaired) electrons. The van der Waals surface area contributed by atoms with Gasteiger partial charge in [0.15, 0.2) is 0 Å². The summed E-state index contributed by atoms with van der Waals surface area (Å²) in [5, 5.41) is 0. The zero-order valence-corrected chi connectivity index (χ0v) is 14.2. The van der Waals surface area contributed by atoms with Gasteiger partial charge in [-0.1, -0.05) is 19.1 Å². The first-order valence-electron chi connectivity index (χ1n) is 7.91. The Kier molecular flexibility index (Phi) is 6.23. The van der Waals surface area contributed by atoms with Crippen LogP contribution in [0.5, 0.6) is 5.75 Å². The van der Waals surface area contributed by atoms with Crippen LogP contribution in [0.4, 0.5) is 0 Å². The van der Waals surface area contributed by atoms with Gasteiger partial charge in [-0.15, -0.1) is 0 Å². The quantitative estimate of drug-likeness (QED) is 0.782. The Bertz CT molecular complexity index is 567. The molecule has 1 aromatic rings. The van der Waals surface area contributed by atoms with E-state index in [1.54, 1.807) is 4.31 Å². The second-order valence-electron chi connectivity index (χ2n) is 6.00. The van der Waals surface area contributed by atoms with Crippen molar-refractivity contribution in [2.45, 2.75) is 33.1 Å². The lowest BCUT2D eigenvalue weighted by Gasteiger charge is -2.29. The minimum absolute atomic E-state index is 0.403. The lowest BCUT2D eigenvalue weighted by molar-refractivity contribution is 0.283. The van der Waals surface area contributed by atoms with Crippen LogP contribution < -0.4 is 9.46 Å². The first-order chi connectivity index (χ1) is 10.5. The maximum atomic E-state index is 12.1. The molecule has 0 bridgehead atoms. The van der Waals surface area contributed by atoms with Crippen LogP contribution in [0.25, 0.3) is 0 Å². The molecule has 0 aliphatic carbocycles. The fourth-order valence-electron chi connectivity index (χ4n) is 2.49. The van der Waals surface area contributed by atoms with Gasteiger partial charge in [0.1, 0.15) is 5.75 Å². The van der Waals surface area contributed by atoms with Gasteiger partial charge in [0, 0.05) is 19.6 Å². The highest BCUT2D eigenvalue weighted by Crippen LogP contribution is 2.18. The van der Waals surface area contributed by atoms with Gasteiger partial charge in [0.2, 0.25) is 0 Å². The number of aryl methyl sites for hydroxylation is 1. The van der Waals surface area contributed by atoms with Crippen molar-refractivity contribution in [1.29, 1.82) is 0 Å². The van der Waals surface area contributed by atoms with Gasteiger partial charge in [0.05, 0.1) is 6.61 Å². The van der Waals surface area contributed by atoms with Gasteiger partial charge >= 0.3 is 0 Å². The predicted octanol–water partition coefficient (Wildman–Crippen LogP) is 2.33. The molecule has 1 aliphatic heterocycles. The van der Waals surface area contributed by atoms with Crippen molar-refractivity contribution < 1.29 is 13.2 Å². The van der Waals surface area contributed by atoms with E-state index in [1.807, 2.05) is 31.2 Å². The van der Waals surface area contributed by atoms with Crippen LogP contribution in [0.15, 0.2) is 24.3 Å². The van der Waals surface area contributed by atoms with Crippen LogP contribution in [-0.2, 0) is 10.2 Å². The summed E-state index contributed by atoms with van der Waals surface area (Å²) >= 11 is 0. The van der Waals surface area contributed by atoms with E-state index in [-0.39, 0.29) is 0 Å². The Morgan fingerprint density at radius 1 is 1.32 bits per heavy atom. The smallest absolute Gasteiger partial charge is 0.279 e. The Labute approximate surface area is 133 Å². The number of benzene rings is 1. The second kappa shape index (κ2) is 7.94. The average Bonchev–Trinajstić information content (AvgIpc) is 2.47. The fourth-order valence-corrected chi connectivity index (χ4v) is 3.76. The molecular weight excluding hydrogens is 300 g/mol. The number of rotatable bonds is 7. The van der Waals surface area contributed by atoms with Gasteiger partial charge < -0.3 is 4.74 Å². The van der Waals surface area contributed by atoms with E-state index < -0.39 is 10.2 Å². The largest absolute Gasteiger partial charge is 0.494 e. The molecule has 1 fully saturated rings. The Morgan fingerprint density at radius 3 is 2.73 bits per heavy atom. The van der Waals surface area contributed by atoms with Crippen molar-refractivity contribution in [3.8, 4) is 5.75 Å². The first-order valence-corrected chi connectivity index (χ1v) is 9.35. The number of piperidine rings is 1. The summed E-state index contributed by atoms with van der Waals surface area (Å²) in [7, 11) is -3.33. The summed E-state index contributed by atoms with van der Waals surface area (Å²) in [5.74, 6) is 1.45. The molecule has 6 heteroatoms. The molecule has 22 heavy (non-hydrogen) atoms. The van der Waals surface area contributed by atoms with Crippen molar-refractivity contribution in [3.63, 3.8) is 0 Å². The van der Waals surface area contributed by atoms with E-state index in [9.17, 15) is 8.42 Å². The summed E-state index contributed by atoms with van der Waals surface area (Å²) in [5.41, 5.74) is 1.15. The Morgan fingerprint density at radius 2 is 2.05 bits per heavy atom. The van der Waals surface area contributed by atoms with E-state index in [1.165, 1.54) is 0 Å². The standard InChI is InChI=1S/C16H26N2O3S/c1-14-7-10-18(11-8-14)22(19,20)17-9-4-12-21-16-6-3-5-15(2)13-16/h3,5-6,13-14,17H,4,7-12H2,1-2H3. The van der Waals surface area contributed by atoms with E-state index in [0.717, 1.165) is 24.2 Å². The van der Waals surface area contributed by atoms with Gasteiger partial charge in [-0.3, -0.25) is 0 Å². The monoisotopic (exact) mass is 326 g/mol. The summed E-state index contributed by atoms with van der Waals surface area (Å²) < 4.78 is 34.1. The molecule has 0 aromatic heterocycles. The minimum Gasteiger partial charge on any atom is -0.494 e. The molecule has 1 N–H and O–H groups in total. The third kappa shape index (κ3) is 5.26. The van der Waals surface area contributed by atoms with E-state index >= 15 is 0 Å². The molecule has 0 unspecified atom stereocenters. The van der Waals surface area contributed by atoms with Crippen molar-refractivity contribution in [2.24, 2.45) is 5.92 Å². The molecule has 0 amide bonds. The summed E-state index contributed by atoms with van der Waals surface area (Å²) in [6.07, 6.45) is 2.53. The summed E-state index contributed by atoms with van der Waals surface area (Å²) in [6, 6.07) is 7.84. The maximum absolute atomic E-state index is 12.1. The lowest BCUT2D eigenvalue weighted by atomic mass is 10.0. The molecule has 1 aromatic carbocycles. The summed E-state index contributed by atoms with van der Waals surface area (Å²) in [4.78, 5) is 0. The highest BCUT2D eigenvalue weighted by Gasteiger charge is 2.25. The van der Waals surface area contributed by atoms with Crippen LogP contribution in [-0.4, -0.2) is 39.0 Å². The number of nitrogens with zero attached hydrogens (tertiary/aromatic N) is 1. The van der Waals surface area contributed by atoms with Crippen molar-refractivity contribution in [1.82, 2.24) is 9.03 Å². The van der Waals surface area contributed by atoms with Crippen molar-refractivity contribution in [3.05, 3.63) is 29.8 Å². The molecule has 1 heterocycles. The number of hydrogen-bond acceptors (Lipinski definition) is 3. The highest BCUT2D eigenvalue weighted by atomic mass is 32.2. The molecule has 0 atom stereocenters. The molecule has 5 nitrogen and oxygen atoms in total. The zero-order chi connectivity index (χ0) is 16.0. The number of ether oxygens (including phenoxy) is 1. The first kappa shape index (κ1) is 17.2. The van der Waals surface area contributed by atoms with Crippen LogP contribution in [0, 0.1) is 12.8 Å². The number of hydrogen-bond donors (Lipinski definition) is 1. The molecular formula is C16H26N2O3S. The summed E-state index contributed by atoms with van der Waals surface area (Å²) in [6.45, 7) is 6.33. The topological polar surface area (TPSA) is 58.6 Å². The Balaban J connectivity index is 1.67. The van der Waals surface area contributed by atoms with E-state index in [0.29, 0.717) is 38.6 Å². The van der Waals surface area contributed by atoms with Crippen LogP contribution in [0.3, 0.4) is 0 Å². The normalized spacial score (nSPS) is 17.5. The van der Waals surface area contributed by atoms with Crippen LogP contribution in [0.1, 0.15) is 31.7 Å². The second-order valence-corrected chi connectivity index (χ2v) is 7.75. The fraction of sp³-hybridized carbons (Fsp3) is 0.625. The predicted molar refractivity (Wildman–Crippen MR) is 88.2 cm³/mol. The van der Waals surface area contributed by atoms with E-state index in [4.69, 9.17) is 4.74 Å². The van der Waals surface area contributed by atoms with Gasteiger partial charge in [-0.2, -0.15) is 12.7 Å². The zero-order valence-electron chi connectivity index (χ0n) is 13.4. The third-order valence-electron chi connectivity index (χ3n) is 3.95. The van der Waals surface area contributed by atoms with Crippen molar-refractivity contribution in [2.75, 3.05) is 26.2 Å². The number of nitrogens with one attached hydrogen (secondary N) is 1. The van der Waals surface area contributed by atoms with Crippen LogP contribution >= 0.6 is 0 Å². The molecule has 1 saturated heterocycles.